The van der Waals surface area contributed by atoms with Crippen LogP contribution in [0, 0.1) is 0 Å². The van der Waals surface area contributed by atoms with Crippen LogP contribution in [0.5, 0.6) is 0 Å². The number of nitrogens with two attached hydrogens (primary N) is 1. The predicted octanol–water partition coefficient (Wildman–Crippen LogP) is 2.63. The number of rotatable bonds is 7. The van der Waals surface area contributed by atoms with Crippen molar-refractivity contribution in [2.45, 2.75) is 39.7 Å². The molecule has 1 amide bonds. The van der Waals surface area contributed by atoms with Gasteiger partial charge in [-0.25, -0.2) is 18.4 Å². The molecule has 4 rings (SSSR count). The van der Waals surface area contributed by atoms with Gasteiger partial charge in [0.15, 0.2) is 15.7 Å². The van der Waals surface area contributed by atoms with Crippen LogP contribution in [0.15, 0.2) is 35.4 Å². The van der Waals surface area contributed by atoms with Crippen molar-refractivity contribution in [1.82, 2.24) is 19.4 Å². The zero-order valence-corrected chi connectivity index (χ0v) is 17.9. The van der Waals surface area contributed by atoms with E-state index in [2.05, 4.69) is 16.5 Å². The van der Waals surface area contributed by atoms with Crippen molar-refractivity contribution in [2.24, 2.45) is 0 Å². The molecule has 1 aliphatic heterocycles. The summed E-state index contributed by atoms with van der Waals surface area (Å²) in [6.45, 7) is 4.75. The summed E-state index contributed by atoms with van der Waals surface area (Å²) in [7, 11) is -3.12. The van der Waals surface area contributed by atoms with Crippen LogP contribution < -0.4 is 5.73 Å². The van der Waals surface area contributed by atoms with Gasteiger partial charge >= 0.3 is 0 Å². The SMILES string of the molecule is CCc1nc2c(N)nc3ccccc3c2n1CCCCN(C(C)=O)C1=CS(=O)(=O)C1. The fraction of sp³-hybridized carbons (Fsp3) is 0.381. The zero-order valence-electron chi connectivity index (χ0n) is 17.1. The molecule has 9 heteroatoms. The lowest BCUT2D eigenvalue weighted by molar-refractivity contribution is -0.127. The first-order valence-corrected chi connectivity index (χ1v) is 11.8. The number of aromatic nitrogens is 3. The van der Waals surface area contributed by atoms with Crippen LogP contribution in [0.1, 0.15) is 32.5 Å². The molecule has 0 atom stereocenters. The first kappa shape index (κ1) is 20.3. The van der Waals surface area contributed by atoms with Crippen LogP contribution in [0.2, 0.25) is 0 Å². The van der Waals surface area contributed by atoms with Crippen LogP contribution in [0.4, 0.5) is 5.82 Å². The highest BCUT2D eigenvalue weighted by Gasteiger charge is 2.28. The summed E-state index contributed by atoms with van der Waals surface area (Å²) in [5.41, 5.74) is 9.31. The van der Waals surface area contributed by atoms with E-state index in [9.17, 15) is 13.2 Å². The number of imidazole rings is 1. The minimum absolute atomic E-state index is 0.0585. The van der Waals surface area contributed by atoms with Crippen molar-refractivity contribution in [1.29, 1.82) is 0 Å². The second-order valence-corrected chi connectivity index (χ2v) is 9.39. The van der Waals surface area contributed by atoms with Gasteiger partial charge in [-0.05, 0) is 18.9 Å². The van der Waals surface area contributed by atoms with Gasteiger partial charge in [0.2, 0.25) is 5.91 Å². The van der Waals surface area contributed by atoms with Gasteiger partial charge in [0.25, 0.3) is 0 Å². The van der Waals surface area contributed by atoms with Crippen molar-refractivity contribution in [3.8, 4) is 0 Å². The Bertz CT molecular complexity index is 1280. The van der Waals surface area contributed by atoms with E-state index >= 15 is 0 Å². The van der Waals surface area contributed by atoms with Gasteiger partial charge in [0.05, 0.1) is 22.2 Å². The first-order valence-electron chi connectivity index (χ1n) is 10.1. The minimum atomic E-state index is -3.12. The van der Waals surface area contributed by atoms with Gasteiger partial charge in [-0.1, -0.05) is 25.1 Å². The summed E-state index contributed by atoms with van der Waals surface area (Å²) >= 11 is 0. The lowest BCUT2D eigenvalue weighted by Crippen LogP contribution is -2.36. The van der Waals surface area contributed by atoms with E-state index in [0.717, 1.165) is 53.6 Å². The lowest BCUT2D eigenvalue weighted by Gasteiger charge is -2.28. The number of hydrogen-bond donors (Lipinski definition) is 1. The maximum atomic E-state index is 11.9. The van der Waals surface area contributed by atoms with E-state index < -0.39 is 9.84 Å². The number of nitrogen functional groups attached to an aromatic ring is 1. The van der Waals surface area contributed by atoms with Crippen LogP contribution in [-0.2, 0) is 27.6 Å². The van der Waals surface area contributed by atoms with Crippen LogP contribution in [0.3, 0.4) is 0 Å². The molecular weight excluding hydrogens is 402 g/mol. The smallest absolute Gasteiger partial charge is 0.223 e. The Morgan fingerprint density at radius 3 is 2.63 bits per heavy atom. The topological polar surface area (TPSA) is 111 Å². The second kappa shape index (κ2) is 7.71. The molecule has 1 aromatic carbocycles. The molecule has 30 heavy (non-hydrogen) atoms. The summed E-state index contributed by atoms with van der Waals surface area (Å²) in [6.07, 6.45) is 2.34. The molecule has 1 aliphatic rings. The number of hydrogen-bond acceptors (Lipinski definition) is 6. The van der Waals surface area contributed by atoms with E-state index in [-0.39, 0.29) is 11.7 Å². The van der Waals surface area contributed by atoms with E-state index in [4.69, 9.17) is 10.7 Å². The molecule has 0 bridgehead atoms. The number of aryl methyl sites for hydroxylation is 2. The Morgan fingerprint density at radius 1 is 1.23 bits per heavy atom. The van der Waals surface area contributed by atoms with Crippen molar-refractivity contribution >= 4 is 43.5 Å². The monoisotopic (exact) mass is 427 g/mol. The minimum Gasteiger partial charge on any atom is -0.382 e. The Kier molecular flexibility index (Phi) is 5.23. The Labute approximate surface area is 175 Å². The van der Waals surface area contributed by atoms with Gasteiger partial charge in [-0.15, -0.1) is 0 Å². The van der Waals surface area contributed by atoms with Gasteiger partial charge in [0.1, 0.15) is 11.3 Å². The number of benzene rings is 1. The highest BCUT2D eigenvalue weighted by molar-refractivity contribution is 7.95. The molecule has 2 aromatic heterocycles. The summed E-state index contributed by atoms with van der Waals surface area (Å²) in [5.74, 6) is 1.18. The zero-order chi connectivity index (χ0) is 21.5. The Morgan fingerprint density at radius 2 is 1.97 bits per heavy atom. The molecule has 3 heterocycles. The maximum Gasteiger partial charge on any atom is 0.223 e. The average Bonchev–Trinajstić information content (AvgIpc) is 3.05. The lowest BCUT2D eigenvalue weighted by atomic mass is 10.2. The van der Waals surface area contributed by atoms with E-state index in [1.165, 1.54) is 12.3 Å². The Balaban J connectivity index is 1.56. The third kappa shape index (κ3) is 3.65. The molecule has 0 fully saturated rings. The molecule has 158 valence electrons. The van der Waals surface area contributed by atoms with Crippen LogP contribution in [-0.4, -0.2) is 46.1 Å². The number of anilines is 1. The number of para-hydroxylation sites is 1. The normalized spacial score (nSPS) is 15.2. The summed E-state index contributed by atoms with van der Waals surface area (Å²) in [6, 6.07) is 7.89. The fourth-order valence-corrected chi connectivity index (χ4v) is 5.05. The number of carbonyl (C=O) groups excluding carboxylic acids is 1. The largest absolute Gasteiger partial charge is 0.382 e. The quantitative estimate of drug-likeness (QED) is 0.580. The number of unbranched alkanes of at least 4 members (excludes halogenated alkanes) is 1. The molecule has 0 spiro atoms. The van der Waals surface area contributed by atoms with Crippen molar-refractivity contribution in [2.75, 3.05) is 18.0 Å². The number of sulfone groups is 1. The Hall–Kier alpha value is -2.94. The average molecular weight is 428 g/mol. The highest BCUT2D eigenvalue weighted by Crippen LogP contribution is 2.29. The molecule has 0 radical (unpaired) electrons. The van der Waals surface area contributed by atoms with Crippen molar-refractivity contribution in [3.63, 3.8) is 0 Å². The molecule has 0 saturated carbocycles. The van der Waals surface area contributed by atoms with Gasteiger partial charge in [-0.3, -0.25) is 4.79 Å². The fourth-order valence-electron chi connectivity index (χ4n) is 3.99. The molecule has 2 N–H and O–H groups in total. The number of fused-ring (bicyclic) bond motifs is 3. The van der Waals surface area contributed by atoms with Crippen LogP contribution >= 0.6 is 0 Å². The molecule has 0 aliphatic carbocycles. The standard InChI is InChI=1S/C21H25N5O3S/c1-3-18-24-19-20(16-8-4-5-9-17(16)23-21(19)22)26(18)11-7-6-10-25(14(2)27)15-12-30(28,29)13-15/h4-5,8-9,12H,3,6-7,10-11,13H2,1-2H3,(H2,22,23). The number of nitrogens with zero attached hydrogens (tertiary/aromatic N) is 4. The number of carbonyl (C=O) groups is 1. The van der Waals surface area contributed by atoms with Gasteiger partial charge in [-0.2, -0.15) is 0 Å². The molecule has 8 nitrogen and oxygen atoms in total. The third-order valence-electron chi connectivity index (χ3n) is 5.41. The second-order valence-electron chi connectivity index (χ2n) is 7.54. The molecular formula is C21H25N5O3S. The summed E-state index contributed by atoms with van der Waals surface area (Å²) in [4.78, 5) is 22.7. The number of pyridine rings is 1. The third-order valence-corrected chi connectivity index (χ3v) is 6.74. The maximum absolute atomic E-state index is 11.9. The predicted molar refractivity (Wildman–Crippen MR) is 117 cm³/mol. The van der Waals surface area contributed by atoms with E-state index in [1.807, 2.05) is 24.3 Å². The van der Waals surface area contributed by atoms with Crippen molar-refractivity contribution in [3.05, 3.63) is 41.2 Å². The first-order chi connectivity index (χ1) is 14.3. The van der Waals surface area contributed by atoms with E-state index in [0.29, 0.717) is 18.1 Å². The number of amides is 1. The summed E-state index contributed by atoms with van der Waals surface area (Å²) in [5, 5.41) is 2.21. The van der Waals surface area contributed by atoms with Crippen molar-refractivity contribution < 1.29 is 13.2 Å². The summed E-state index contributed by atoms with van der Waals surface area (Å²) < 4.78 is 25.0. The van der Waals surface area contributed by atoms with Gasteiger partial charge < -0.3 is 15.2 Å². The van der Waals surface area contributed by atoms with E-state index in [1.54, 1.807) is 4.90 Å². The molecule has 3 aromatic rings. The molecule has 0 saturated heterocycles. The highest BCUT2D eigenvalue weighted by atomic mass is 32.2. The van der Waals surface area contributed by atoms with Gasteiger partial charge in [0, 0.05) is 37.5 Å². The van der Waals surface area contributed by atoms with Crippen LogP contribution in [0.25, 0.3) is 21.9 Å². The molecule has 0 unspecified atom stereocenters.